The average molecular weight is 279 g/mol. The van der Waals surface area contributed by atoms with Gasteiger partial charge in [-0.25, -0.2) is 0 Å². The molecule has 0 bridgehead atoms. The molecule has 19 heavy (non-hydrogen) atoms. The van der Waals surface area contributed by atoms with Crippen LogP contribution in [0.3, 0.4) is 0 Å². The zero-order chi connectivity index (χ0) is 14.2. The molecule has 2 aromatic rings. The first-order chi connectivity index (χ1) is 8.91. The molecule has 0 radical (unpaired) electrons. The molecule has 0 aliphatic heterocycles. The number of nitrogen functional groups attached to an aromatic ring is 1. The minimum Gasteiger partial charge on any atom is -0.395 e. The largest absolute Gasteiger partial charge is 0.395 e. The molecule has 3 N–H and O–H groups in total. The average Bonchev–Trinajstić information content (AvgIpc) is 2.58. The number of anilines is 2. The van der Waals surface area contributed by atoms with Crippen molar-refractivity contribution in [3.05, 3.63) is 40.2 Å². The Labute approximate surface area is 116 Å². The monoisotopic (exact) mass is 278 g/mol. The summed E-state index contributed by atoms with van der Waals surface area (Å²) in [5, 5.41) is 7.39. The van der Waals surface area contributed by atoms with Crippen molar-refractivity contribution in [3.63, 3.8) is 0 Å². The minimum atomic E-state index is -0.322. The summed E-state index contributed by atoms with van der Waals surface area (Å²) in [6.07, 6.45) is 0. The van der Waals surface area contributed by atoms with Crippen molar-refractivity contribution >= 4 is 28.9 Å². The molecule has 1 aromatic carbocycles. The summed E-state index contributed by atoms with van der Waals surface area (Å²) in [7, 11) is 1.68. The molecule has 0 atom stereocenters. The number of benzene rings is 1. The van der Waals surface area contributed by atoms with E-state index in [4.69, 9.17) is 17.3 Å². The highest BCUT2D eigenvalue weighted by Crippen LogP contribution is 2.26. The maximum absolute atomic E-state index is 12.3. The Morgan fingerprint density at radius 3 is 2.63 bits per heavy atom. The van der Waals surface area contributed by atoms with Crippen molar-refractivity contribution in [2.45, 2.75) is 13.8 Å². The van der Waals surface area contributed by atoms with Gasteiger partial charge in [-0.1, -0.05) is 23.7 Å². The molecule has 1 aromatic heterocycles. The van der Waals surface area contributed by atoms with E-state index in [1.54, 1.807) is 20.0 Å². The molecule has 2 rings (SSSR count). The van der Waals surface area contributed by atoms with E-state index in [9.17, 15) is 4.79 Å². The van der Waals surface area contributed by atoms with Crippen LogP contribution in [-0.2, 0) is 7.05 Å². The van der Waals surface area contributed by atoms with Gasteiger partial charge < -0.3 is 11.1 Å². The maximum atomic E-state index is 12.3. The number of nitrogens with two attached hydrogens (primary N) is 1. The number of rotatable bonds is 2. The van der Waals surface area contributed by atoms with Gasteiger partial charge in [0.05, 0.1) is 22.1 Å². The fourth-order valence-electron chi connectivity index (χ4n) is 1.91. The van der Waals surface area contributed by atoms with Gasteiger partial charge in [-0.3, -0.25) is 9.48 Å². The molecule has 0 spiro atoms. The highest BCUT2D eigenvalue weighted by atomic mass is 35.5. The third-order valence-electron chi connectivity index (χ3n) is 2.94. The first-order valence-corrected chi connectivity index (χ1v) is 6.15. The number of hydrogen-bond acceptors (Lipinski definition) is 3. The molecule has 6 heteroatoms. The number of carbonyl (C=O) groups is 1. The van der Waals surface area contributed by atoms with Crippen LogP contribution in [0.2, 0.25) is 5.02 Å². The minimum absolute atomic E-state index is 0.322. The molecule has 1 heterocycles. The van der Waals surface area contributed by atoms with Gasteiger partial charge in [0, 0.05) is 7.05 Å². The number of nitrogens with zero attached hydrogens (tertiary/aromatic N) is 2. The van der Waals surface area contributed by atoms with E-state index in [0.29, 0.717) is 27.8 Å². The number of para-hydroxylation sites is 1. The summed E-state index contributed by atoms with van der Waals surface area (Å²) in [4.78, 5) is 12.3. The summed E-state index contributed by atoms with van der Waals surface area (Å²) in [5.74, 6) is -0.322. The molecule has 100 valence electrons. The van der Waals surface area contributed by atoms with Crippen LogP contribution in [0, 0.1) is 13.8 Å². The lowest BCUT2D eigenvalue weighted by Crippen LogP contribution is -2.18. The Hall–Kier alpha value is -2.01. The first-order valence-electron chi connectivity index (χ1n) is 5.77. The predicted molar refractivity (Wildman–Crippen MR) is 76.5 cm³/mol. The molecule has 5 nitrogen and oxygen atoms in total. The van der Waals surface area contributed by atoms with Crippen molar-refractivity contribution < 1.29 is 4.79 Å². The van der Waals surface area contributed by atoms with Gasteiger partial charge in [0.25, 0.3) is 5.91 Å². The van der Waals surface area contributed by atoms with Gasteiger partial charge in [-0.2, -0.15) is 5.10 Å². The molecule has 0 saturated carbocycles. The number of aryl methyl sites for hydroxylation is 3. The van der Waals surface area contributed by atoms with Gasteiger partial charge in [-0.05, 0) is 25.5 Å². The van der Waals surface area contributed by atoms with E-state index in [1.165, 1.54) is 4.68 Å². The van der Waals surface area contributed by atoms with Gasteiger partial charge >= 0.3 is 0 Å². The van der Waals surface area contributed by atoms with Crippen LogP contribution in [0.25, 0.3) is 0 Å². The van der Waals surface area contributed by atoms with Gasteiger partial charge in [0.1, 0.15) is 5.69 Å². The fourth-order valence-corrected chi connectivity index (χ4v) is 2.18. The SMILES string of the molecule is Cc1cccc(Cl)c1NC(=O)c1c(N)c(C)nn1C. The number of hydrogen-bond donors (Lipinski definition) is 2. The summed E-state index contributed by atoms with van der Waals surface area (Å²) in [6.45, 7) is 3.63. The predicted octanol–water partition coefficient (Wildman–Crippen LogP) is 2.52. The molecule has 1 amide bonds. The highest BCUT2D eigenvalue weighted by molar-refractivity contribution is 6.34. The van der Waals surface area contributed by atoms with E-state index >= 15 is 0 Å². The van der Waals surface area contributed by atoms with E-state index < -0.39 is 0 Å². The van der Waals surface area contributed by atoms with Crippen LogP contribution in [-0.4, -0.2) is 15.7 Å². The van der Waals surface area contributed by atoms with Gasteiger partial charge in [-0.15, -0.1) is 0 Å². The van der Waals surface area contributed by atoms with Crippen LogP contribution in [0.5, 0.6) is 0 Å². The second-order valence-corrected chi connectivity index (χ2v) is 4.76. The second kappa shape index (κ2) is 4.93. The van der Waals surface area contributed by atoms with Crippen molar-refractivity contribution in [3.8, 4) is 0 Å². The normalized spacial score (nSPS) is 10.5. The molecule has 0 aliphatic carbocycles. The third kappa shape index (κ3) is 2.42. The van der Waals surface area contributed by atoms with Crippen molar-refractivity contribution in [2.75, 3.05) is 11.1 Å². The van der Waals surface area contributed by atoms with Crippen molar-refractivity contribution in [1.29, 1.82) is 0 Å². The van der Waals surface area contributed by atoms with Gasteiger partial charge in [0.2, 0.25) is 0 Å². The zero-order valence-electron chi connectivity index (χ0n) is 11.0. The van der Waals surface area contributed by atoms with Crippen LogP contribution in [0.1, 0.15) is 21.7 Å². The first kappa shape index (κ1) is 13.4. The molecule has 0 unspecified atom stereocenters. The molecule has 0 saturated heterocycles. The standard InChI is InChI=1S/C13H15ClN4O/c1-7-5-4-6-9(14)11(7)16-13(19)12-10(15)8(2)17-18(12)3/h4-6H,15H2,1-3H3,(H,16,19). The lowest BCUT2D eigenvalue weighted by molar-refractivity contribution is 0.101. The van der Waals surface area contributed by atoms with E-state index in [-0.39, 0.29) is 5.91 Å². The molecular formula is C13H15ClN4O. The van der Waals surface area contributed by atoms with Crippen LogP contribution >= 0.6 is 11.6 Å². The third-order valence-corrected chi connectivity index (χ3v) is 3.26. The van der Waals surface area contributed by atoms with Crippen LogP contribution < -0.4 is 11.1 Å². The summed E-state index contributed by atoms with van der Waals surface area (Å²) in [5.41, 5.74) is 8.67. The summed E-state index contributed by atoms with van der Waals surface area (Å²) in [6, 6.07) is 5.43. The fraction of sp³-hybridized carbons (Fsp3) is 0.231. The van der Waals surface area contributed by atoms with E-state index in [2.05, 4.69) is 10.4 Å². The summed E-state index contributed by atoms with van der Waals surface area (Å²) < 4.78 is 1.46. The Bertz CT molecular complexity index is 628. The van der Waals surface area contributed by atoms with E-state index in [0.717, 1.165) is 5.56 Å². The smallest absolute Gasteiger partial charge is 0.276 e. The quantitative estimate of drug-likeness (QED) is 0.886. The highest BCUT2D eigenvalue weighted by Gasteiger charge is 2.19. The Morgan fingerprint density at radius 2 is 2.11 bits per heavy atom. The second-order valence-electron chi connectivity index (χ2n) is 4.36. The number of amides is 1. The lowest BCUT2D eigenvalue weighted by Gasteiger charge is -2.10. The number of aromatic nitrogens is 2. The number of carbonyl (C=O) groups excluding carboxylic acids is 1. The number of halogens is 1. The van der Waals surface area contributed by atoms with Crippen LogP contribution in [0.15, 0.2) is 18.2 Å². The van der Waals surface area contributed by atoms with Crippen molar-refractivity contribution in [1.82, 2.24) is 9.78 Å². The molecule has 0 aliphatic rings. The topological polar surface area (TPSA) is 72.9 Å². The Kier molecular flexibility index (Phi) is 3.48. The van der Waals surface area contributed by atoms with E-state index in [1.807, 2.05) is 19.1 Å². The number of nitrogens with one attached hydrogen (secondary N) is 1. The van der Waals surface area contributed by atoms with Crippen molar-refractivity contribution in [2.24, 2.45) is 7.05 Å². The Morgan fingerprint density at radius 1 is 1.42 bits per heavy atom. The Balaban J connectivity index is 2.36. The summed E-state index contributed by atoms with van der Waals surface area (Å²) >= 11 is 6.08. The lowest BCUT2D eigenvalue weighted by atomic mass is 10.2. The zero-order valence-corrected chi connectivity index (χ0v) is 11.7. The van der Waals surface area contributed by atoms with Gasteiger partial charge in [0.15, 0.2) is 0 Å². The maximum Gasteiger partial charge on any atom is 0.276 e. The molecular weight excluding hydrogens is 264 g/mol. The molecule has 0 fully saturated rings. The van der Waals surface area contributed by atoms with Crippen LogP contribution in [0.4, 0.5) is 11.4 Å².